The van der Waals surface area contributed by atoms with Crippen LogP contribution in [0, 0.1) is 23.0 Å². The molecule has 5 aromatic rings. The summed E-state index contributed by atoms with van der Waals surface area (Å²) in [6.45, 7) is 6.59. The predicted octanol–water partition coefficient (Wildman–Crippen LogP) is 6.91. The number of ether oxygens (including phenoxy) is 2. The Bertz CT molecular complexity index is 2930. The Morgan fingerprint density at radius 3 is 2.26 bits per heavy atom. The molecule has 7 aliphatic rings. The van der Waals surface area contributed by atoms with Crippen LogP contribution in [-0.2, 0) is 25.7 Å². The molecule has 1 saturated carbocycles. The van der Waals surface area contributed by atoms with Gasteiger partial charge in [0.25, 0.3) is 5.91 Å². The maximum Gasteiger partial charge on any atom is 0.255 e. The Morgan fingerprint density at radius 1 is 0.875 bits per heavy atom. The van der Waals surface area contributed by atoms with Crippen molar-refractivity contribution < 1.29 is 42.2 Å². The lowest BCUT2D eigenvalue weighted by molar-refractivity contribution is -0.137. The number of pyridine rings is 1. The zero-order valence-electron chi connectivity index (χ0n) is 40.1. The quantitative estimate of drug-likeness (QED) is 0.0457. The van der Waals surface area contributed by atoms with Crippen molar-refractivity contribution in [1.29, 1.82) is 0 Å². The van der Waals surface area contributed by atoms with Crippen LogP contribution in [0.4, 0.5) is 31.5 Å². The number of amides is 5. The van der Waals surface area contributed by atoms with Gasteiger partial charge in [-0.15, -0.1) is 0 Å². The summed E-state index contributed by atoms with van der Waals surface area (Å²) >= 11 is 0. The van der Waals surface area contributed by atoms with E-state index in [9.17, 15) is 28.4 Å². The number of piperidine rings is 3. The first-order chi connectivity index (χ1) is 34.9. The molecular formula is C54H57F2N9O7. The second-order valence-corrected chi connectivity index (χ2v) is 20.0. The molecule has 16 nitrogen and oxygen atoms in total. The number of anilines is 4. The molecule has 3 atom stereocenters. The van der Waals surface area contributed by atoms with Crippen molar-refractivity contribution in [2.24, 2.45) is 11.3 Å². The predicted molar refractivity (Wildman–Crippen MR) is 266 cm³/mol. The van der Waals surface area contributed by atoms with E-state index in [-0.39, 0.29) is 23.8 Å². The number of halogens is 2. The Hall–Kier alpha value is -7.18. The zero-order chi connectivity index (χ0) is 49.7. The standard InChI is InChI=1S/C54H57F2N9O7/c1-71-45-27-40-44(72-38-12-10-35(11-13-38)60-53(70)54(19-20-54)52(69)59-34-8-6-33(55)7-9-34)16-22-58-48(40)47(56)49(45)63-24-17-32(18-25-63)28-64-36-26-37(64)30-62(29-36)23-3-21-57-42-5-2-4-39-41(42)31-65(51(39)68)43-14-15-46(66)61-50(43)67/h2,4-13,16,22,27,32,36-37,43,57H,3,14-15,17-21,23-26,28-31H2,1H3,(H,59,69)(H,60,70)(H,61,66,67). The highest BCUT2D eigenvalue weighted by molar-refractivity contribution is 6.17. The van der Waals surface area contributed by atoms with E-state index in [1.54, 1.807) is 48.4 Å². The van der Waals surface area contributed by atoms with Gasteiger partial charge in [0.1, 0.15) is 45.7 Å². The van der Waals surface area contributed by atoms with E-state index in [0.717, 1.165) is 63.2 Å². The first-order valence-electron chi connectivity index (χ1n) is 25.0. The van der Waals surface area contributed by atoms with Crippen LogP contribution in [0.5, 0.6) is 17.2 Å². The van der Waals surface area contributed by atoms with Crippen molar-refractivity contribution in [3.63, 3.8) is 0 Å². The minimum atomic E-state index is -1.20. The first kappa shape index (κ1) is 47.2. The number of hydrogen-bond donors (Lipinski definition) is 4. The Balaban J connectivity index is 0.645. The molecule has 6 aliphatic heterocycles. The number of methoxy groups -OCH3 is 1. The third-order valence-electron chi connectivity index (χ3n) is 15.5. The van der Waals surface area contributed by atoms with Crippen molar-refractivity contribution in [3.8, 4) is 17.2 Å². The van der Waals surface area contributed by atoms with E-state index >= 15 is 4.39 Å². The molecular weight excluding hydrogens is 925 g/mol. The number of nitrogens with one attached hydrogen (secondary N) is 4. The molecule has 6 fully saturated rings. The van der Waals surface area contributed by atoms with E-state index in [0.29, 0.717) is 102 Å². The lowest BCUT2D eigenvalue weighted by Crippen LogP contribution is -2.69. The molecule has 374 valence electrons. The van der Waals surface area contributed by atoms with Crippen LogP contribution in [0.25, 0.3) is 10.9 Å². The maximum atomic E-state index is 16.6. The molecule has 18 heteroatoms. The van der Waals surface area contributed by atoms with Crippen molar-refractivity contribution in [1.82, 2.24) is 25.0 Å². The highest BCUT2D eigenvalue weighted by Gasteiger charge is 2.56. The van der Waals surface area contributed by atoms with Crippen molar-refractivity contribution in [3.05, 3.63) is 108 Å². The fourth-order valence-corrected chi connectivity index (χ4v) is 11.3. The third kappa shape index (κ3) is 9.17. The summed E-state index contributed by atoms with van der Waals surface area (Å²) in [5, 5.41) is 11.9. The normalized spacial score (nSPS) is 21.7. The maximum absolute atomic E-state index is 16.6. The van der Waals surface area contributed by atoms with Crippen LogP contribution in [0.2, 0.25) is 0 Å². The molecule has 0 spiro atoms. The van der Waals surface area contributed by atoms with Gasteiger partial charge in [-0.1, -0.05) is 6.07 Å². The number of piperazine rings is 1. The van der Waals surface area contributed by atoms with Gasteiger partial charge < -0.3 is 40.1 Å². The van der Waals surface area contributed by atoms with E-state index < -0.39 is 40.8 Å². The molecule has 3 unspecified atom stereocenters. The van der Waals surface area contributed by atoms with E-state index in [2.05, 4.69) is 41.0 Å². The molecule has 5 amide bonds. The summed E-state index contributed by atoms with van der Waals surface area (Å²) in [6.07, 6.45) is 6.92. The average Bonchev–Trinajstić information content (AvgIpc) is 4.14. The van der Waals surface area contributed by atoms with Crippen molar-refractivity contribution in [2.75, 3.05) is 73.8 Å². The van der Waals surface area contributed by atoms with Gasteiger partial charge in [0.15, 0.2) is 5.82 Å². The van der Waals surface area contributed by atoms with Gasteiger partial charge in [-0.3, -0.25) is 39.2 Å². The number of fused-ring (bicyclic) bond motifs is 4. The monoisotopic (exact) mass is 981 g/mol. The zero-order valence-corrected chi connectivity index (χ0v) is 40.1. The first-order valence-corrected chi connectivity index (χ1v) is 25.0. The van der Waals surface area contributed by atoms with E-state index in [1.165, 1.54) is 36.9 Å². The number of nitrogens with zero attached hydrogens (tertiary/aromatic N) is 5. The number of carbonyl (C=O) groups excluding carboxylic acids is 5. The van der Waals surface area contributed by atoms with Crippen LogP contribution in [-0.4, -0.2) is 120 Å². The lowest BCUT2D eigenvalue weighted by atomic mass is 9.84. The topological polar surface area (TPSA) is 178 Å². The van der Waals surface area contributed by atoms with Crippen LogP contribution >= 0.6 is 0 Å². The second kappa shape index (κ2) is 19.4. The fraction of sp³-hybridized carbons (Fsp3) is 0.407. The summed E-state index contributed by atoms with van der Waals surface area (Å²) in [7, 11) is 1.54. The van der Waals surface area contributed by atoms with Gasteiger partial charge in [-0.2, -0.15) is 0 Å². The van der Waals surface area contributed by atoms with Gasteiger partial charge in [0.2, 0.25) is 23.6 Å². The number of benzene rings is 4. The minimum Gasteiger partial charge on any atom is -0.494 e. The van der Waals surface area contributed by atoms with E-state index in [1.807, 2.05) is 18.2 Å². The van der Waals surface area contributed by atoms with Gasteiger partial charge >= 0.3 is 0 Å². The van der Waals surface area contributed by atoms with Crippen LogP contribution < -0.4 is 35.6 Å². The second-order valence-electron chi connectivity index (χ2n) is 20.0. The molecule has 1 aliphatic carbocycles. The molecule has 0 radical (unpaired) electrons. The molecule has 72 heavy (non-hydrogen) atoms. The largest absolute Gasteiger partial charge is 0.494 e. The van der Waals surface area contributed by atoms with Crippen LogP contribution in [0.1, 0.15) is 67.3 Å². The summed E-state index contributed by atoms with van der Waals surface area (Å²) < 4.78 is 42.1. The minimum absolute atomic E-state index is 0.169. The average molecular weight is 982 g/mol. The number of imide groups is 1. The van der Waals surface area contributed by atoms with Gasteiger partial charge in [-0.25, -0.2) is 8.78 Å². The summed E-state index contributed by atoms with van der Waals surface area (Å²) in [4.78, 5) is 77.1. The third-order valence-corrected chi connectivity index (χ3v) is 15.5. The van der Waals surface area contributed by atoms with Crippen LogP contribution in [0.3, 0.4) is 0 Å². The molecule has 4 N–H and O–H groups in total. The van der Waals surface area contributed by atoms with Crippen molar-refractivity contribution in [2.45, 2.75) is 76.0 Å². The van der Waals surface area contributed by atoms with Gasteiger partial charge in [0.05, 0.1) is 7.11 Å². The van der Waals surface area contributed by atoms with Crippen LogP contribution in [0.15, 0.2) is 85.1 Å². The lowest BCUT2D eigenvalue weighted by Gasteiger charge is -2.57. The fourth-order valence-electron chi connectivity index (χ4n) is 11.3. The smallest absolute Gasteiger partial charge is 0.255 e. The van der Waals surface area contributed by atoms with Gasteiger partial charge in [-0.05, 0) is 130 Å². The number of aromatic nitrogens is 1. The number of carbonyl (C=O) groups is 5. The summed E-state index contributed by atoms with van der Waals surface area (Å²) in [6, 6.07) is 21.6. The molecule has 7 heterocycles. The molecule has 4 aromatic carbocycles. The summed E-state index contributed by atoms with van der Waals surface area (Å²) in [5.41, 5.74) is 2.68. The molecule has 5 saturated heterocycles. The highest BCUT2D eigenvalue weighted by Crippen LogP contribution is 2.48. The number of hydrogen-bond acceptors (Lipinski definition) is 12. The van der Waals surface area contributed by atoms with Gasteiger partial charge in [0, 0.05) is 104 Å². The highest BCUT2D eigenvalue weighted by atomic mass is 19.1. The van der Waals surface area contributed by atoms with Crippen molar-refractivity contribution >= 4 is 63.2 Å². The Morgan fingerprint density at radius 2 is 1.58 bits per heavy atom. The Kier molecular flexibility index (Phi) is 12.7. The molecule has 1 aromatic heterocycles. The molecule has 2 bridgehead atoms. The number of rotatable bonds is 16. The molecule has 12 rings (SSSR count). The SMILES string of the molecule is COc1cc2c(Oc3ccc(NC(=O)C4(C(=O)Nc5ccc(F)cc5)CC4)cc3)ccnc2c(F)c1N1CCC(CN2C3CC2CN(CCCNc2cccc4c2CN(C2CCC(=O)NC2=O)C4=O)C3)CC1. The van der Waals surface area contributed by atoms with E-state index in [4.69, 9.17) is 9.47 Å². The summed E-state index contributed by atoms with van der Waals surface area (Å²) in [5.74, 6) is -0.888. The Labute approximate surface area is 415 Å².